The lowest BCUT2D eigenvalue weighted by Crippen LogP contribution is -2.50. The lowest BCUT2D eigenvalue weighted by atomic mass is 10.1. The summed E-state index contributed by atoms with van der Waals surface area (Å²) in [5.41, 5.74) is 0.923. The van der Waals surface area contributed by atoms with Gasteiger partial charge in [-0.1, -0.05) is 0 Å². The summed E-state index contributed by atoms with van der Waals surface area (Å²) in [6.07, 6.45) is 2.67. The first-order valence-electron chi connectivity index (χ1n) is 9.88. The second-order valence-electron chi connectivity index (χ2n) is 8.51. The molecule has 2 aliphatic heterocycles. The molecule has 6 nitrogen and oxygen atoms in total. The average molecular weight is 373 g/mol. The van der Waals surface area contributed by atoms with Gasteiger partial charge in [-0.25, -0.2) is 0 Å². The molecular weight excluding hydrogens is 342 g/mol. The van der Waals surface area contributed by atoms with Gasteiger partial charge >= 0.3 is 0 Å². The molecule has 2 aliphatic rings. The molecule has 1 aromatic carbocycles. The molecule has 0 radical (unpaired) electrons. The molecule has 1 atom stereocenters. The average Bonchev–Trinajstić information content (AvgIpc) is 3.13. The fraction of sp³-hybridized carbons (Fsp3) is 0.619. The third-order valence-corrected chi connectivity index (χ3v) is 5.03. The zero-order chi connectivity index (χ0) is 19.4. The lowest BCUT2D eigenvalue weighted by Gasteiger charge is -2.35. The standard InChI is InChI=1S/C21H31N3O3/c1-21(2,3)22-19(25)16-6-8-17(9-7-16)20(26)24-12-10-23(11-13-24)15-18-5-4-14-27-18/h6-9,18H,4-5,10-15H2,1-3H3,(H,22,25). The van der Waals surface area contributed by atoms with Crippen LogP contribution >= 0.6 is 0 Å². The first kappa shape index (κ1) is 19.8. The number of rotatable bonds is 4. The molecule has 2 fully saturated rings. The molecule has 6 heteroatoms. The van der Waals surface area contributed by atoms with Gasteiger partial charge in [0.15, 0.2) is 0 Å². The highest BCUT2D eigenvalue weighted by atomic mass is 16.5. The molecular formula is C21H31N3O3. The Morgan fingerprint density at radius 3 is 2.26 bits per heavy atom. The van der Waals surface area contributed by atoms with Crippen molar-refractivity contribution >= 4 is 11.8 Å². The molecule has 3 rings (SSSR count). The summed E-state index contributed by atoms with van der Waals surface area (Å²) in [6, 6.07) is 6.95. The van der Waals surface area contributed by atoms with Crippen molar-refractivity contribution in [3.05, 3.63) is 35.4 Å². The van der Waals surface area contributed by atoms with E-state index in [1.165, 1.54) is 0 Å². The SMILES string of the molecule is CC(C)(C)NC(=O)c1ccc(C(=O)N2CCN(CC3CCCO3)CC2)cc1. The van der Waals surface area contributed by atoms with Crippen LogP contribution in [0.4, 0.5) is 0 Å². The Bertz CT molecular complexity index is 652. The van der Waals surface area contributed by atoms with Gasteiger partial charge in [-0.3, -0.25) is 14.5 Å². The van der Waals surface area contributed by atoms with Crippen LogP contribution < -0.4 is 5.32 Å². The summed E-state index contributed by atoms with van der Waals surface area (Å²) >= 11 is 0. The number of carbonyl (C=O) groups is 2. The molecule has 0 aliphatic carbocycles. The molecule has 0 bridgehead atoms. The van der Waals surface area contributed by atoms with Crippen LogP contribution in [0.2, 0.25) is 0 Å². The van der Waals surface area contributed by atoms with Crippen molar-refractivity contribution in [3.63, 3.8) is 0 Å². The predicted octanol–water partition coefficient (Wildman–Crippen LogP) is 2.15. The Morgan fingerprint density at radius 1 is 1.07 bits per heavy atom. The highest BCUT2D eigenvalue weighted by Gasteiger charge is 2.25. The number of piperazine rings is 1. The molecule has 27 heavy (non-hydrogen) atoms. The van der Waals surface area contributed by atoms with Crippen LogP contribution in [0.1, 0.15) is 54.3 Å². The van der Waals surface area contributed by atoms with E-state index in [-0.39, 0.29) is 17.4 Å². The third kappa shape index (κ3) is 5.53. The van der Waals surface area contributed by atoms with Gasteiger partial charge < -0.3 is 15.0 Å². The second kappa shape index (κ2) is 8.40. The summed E-state index contributed by atoms with van der Waals surface area (Å²) in [7, 11) is 0. The maximum atomic E-state index is 12.7. The molecule has 0 aromatic heterocycles. The molecule has 0 spiro atoms. The Kier molecular flexibility index (Phi) is 6.17. The van der Waals surface area contributed by atoms with E-state index in [0.29, 0.717) is 17.2 Å². The van der Waals surface area contributed by atoms with Gasteiger partial charge in [0.1, 0.15) is 0 Å². The second-order valence-corrected chi connectivity index (χ2v) is 8.51. The van der Waals surface area contributed by atoms with Gasteiger partial charge in [-0.15, -0.1) is 0 Å². The van der Waals surface area contributed by atoms with Crippen molar-refractivity contribution in [2.75, 3.05) is 39.3 Å². The van der Waals surface area contributed by atoms with Gasteiger partial charge in [0.05, 0.1) is 6.10 Å². The monoisotopic (exact) mass is 373 g/mol. The molecule has 1 unspecified atom stereocenters. The van der Waals surface area contributed by atoms with Crippen molar-refractivity contribution < 1.29 is 14.3 Å². The zero-order valence-corrected chi connectivity index (χ0v) is 16.7. The number of carbonyl (C=O) groups excluding carboxylic acids is 2. The summed E-state index contributed by atoms with van der Waals surface area (Å²) in [5.74, 6) is -0.0845. The molecule has 2 amide bonds. The maximum absolute atomic E-state index is 12.7. The van der Waals surface area contributed by atoms with Gasteiger partial charge in [-0.05, 0) is 57.9 Å². The number of hydrogen-bond donors (Lipinski definition) is 1. The Morgan fingerprint density at radius 2 is 1.70 bits per heavy atom. The highest BCUT2D eigenvalue weighted by molar-refractivity contribution is 5.98. The Labute approximate surface area is 161 Å². The number of ether oxygens (including phenoxy) is 1. The van der Waals surface area contributed by atoms with Crippen LogP contribution in [0.5, 0.6) is 0 Å². The number of benzene rings is 1. The van der Waals surface area contributed by atoms with Gasteiger partial charge in [0, 0.05) is 56.0 Å². The van der Waals surface area contributed by atoms with Crippen LogP contribution in [0.15, 0.2) is 24.3 Å². The predicted molar refractivity (Wildman–Crippen MR) is 105 cm³/mol. The topological polar surface area (TPSA) is 61.9 Å². The van der Waals surface area contributed by atoms with E-state index >= 15 is 0 Å². The van der Waals surface area contributed by atoms with E-state index < -0.39 is 0 Å². The minimum absolute atomic E-state index is 0.0366. The van der Waals surface area contributed by atoms with Crippen molar-refractivity contribution in [1.82, 2.24) is 15.1 Å². The van der Waals surface area contributed by atoms with Crippen LogP contribution in [-0.4, -0.2) is 72.6 Å². The fourth-order valence-electron chi connectivity index (χ4n) is 3.57. The summed E-state index contributed by atoms with van der Waals surface area (Å²) in [5, 5.41) is 2.93. The number of amides is 2. The number of nitrogens with one attached hydrogen (secondary N) is 1. The largest absolute Gasteiger partial charge is 0.377 e. The van der Waals surface area contributed by atoms with Gasteiger partial charge in [0.2, 0.25) is 0 Å². The quantitative estimate of drug-likeness (QED) is 0.879. The van der Waals surface area contributed by atoms with Crippen LogP contribution in [0.3, 0.4) is 0 Å². The minimum atomic E-state index is -0.283. The van der Waals surface area contributed by atoms with E-state index in [2.05, 4.69) is 10.2 Å². The molecule has 2 heterocycles. The Balaban J connectivity index is 1.51. The van der Waals surface area contributed by atoms with Crippen molar-refractivity contribution in [2.45, 2.75) is 45.3 Å². The first-order chi connectivity index (χ1) is 12.8. The van der Waals surface area contributed by atoms with Crippen LogP contribution in [-0.2, 0) is 4.74 Å². The van der Waals surface area contributed by atoms with Gasteiger partial charge in [-0.2, -0.15) is 0 Å². The van der Waals surface area contributed by atoms with Crippen LogP contribution in [0, 0.1) is 0 Å². The minimum Gasteiger partial charge on any atom is -0.377 e. The summed E-state index contributed by atoms with van der Waals surface area (Å²) in [4.78, 5) is 29.2. The summed E-state index contributed by atoms with van der Waals surface area (Å²) < 4.78 is 5.71. The van der Waals surface area contributed by atoms with E-state index in [4.69, 9.17) is 4.74 Å². The molecule has 0 saturated carbocycles. The van der Waals surface area contributed by atoms with Gasteiger partial charge in [0.25, 0.3) is 11.8 Å². The van der Waals surface area contributed by atoms with E-state index in [1.807, 2.05) is 25.7 Å². The summed E-state index contributed by atoms with van der Waals surface area (Å²) in [6.45, 7) is 10.9. The molecule has 2 saturated heterocycles. The normalized spacial score (nSPS) is 21.3. The van der Waals surface area contributed by atoms with Crippen molar-refractivity contribution in [1.29, 1.82) is 0 Å². The Hall–Kier alpha value is -1.92. The first-order valence-corrected chi connectivity index (χ1v) is 9.88. The van der Waals surface area contributed by atoms with E-state index in [9.17, 15) is 9.59 Å². The molecule has 1 N–H and O–H groups in total. The number of nitrogens with zero attached hydrogens (tertiary/aromatic N) is 2. The highest BCUT2D eigenvalue weighted by Crippen LogP contribution is 2.16. The fourth-order valence-corrected chi connectivity index (χ4v) is 3.57. The number of hydrogen-bond acceptors (Lipinski definition) is 4. The maximum Gasteiger partial charge on any atom is 0.253 e. The lowest BCUT2D eigenvalue weighted by molar-refractivity contribution is 0.0432. The smallest absolute Gasteiger partial charge is 0.253 e. The van der Waals surface area contributed by atoms with Crippen molar-refractivity contribution in [3.8, 4) is 0 Å². The van der Waals surface area contributed by atoms with E-state index in [0.717, 1.165) is 52.2 Å². The van der Waals surface area contributed by atoms with Crippen LogP contribution in [0.25, 0.3) is 0 Å². The zero-order valence-electron chi connectivity index (χ0n) is 16.7. The van der Waals surface area contributed by atoms with Crippen molar-refractivity contribution in [2.24, 2.45) is 0 Å². The molecule has 1 aromatic rings. The van der Waals surface area contributed by atoms with E-state index in [1.54, 1.807) is 24.3 Å². The third-order valence-electron chi connectivity index (χ3n) is 5.03. The molecule has 148 valence electrons.